The summed E-state index contributed by atoms with van der Waals surface area (Å²) in [5.74, 6) is -0.843. The van der Waals surface area contributed by atoms with Crippen LogP contribution >= 0.6 is 0 Å². The van der Waals surface area contributed by atoms with Crippen molar-refractivity contribution in [2.24, 2.45) is 12.8 Å². The number of rotatable bonds is 8. The van der Waals surface area contributed by atoms with Gasteiger partial charge >= 0.3 is 5.97 Å². The fourth-order valence-electron chi connectivity index (χ4n) is 5.64. The second-order valence-electron chi connectivity index (χ2n) is 10.7. The van der Waals surface area contributed by atoms with Gasteiger partial charge in [-0.1, -0.05) is 0 Å². The quantitative estimate of drug-likeness (QED) is 0.237. The number of nitrogen functional groups attached to an aromatic ring is 1. The van der Waals surface area contributed by atoms with Crippen molar-refractivity contribution in [3.05, 3.63) is 24.8 Å². The van der Waals surface area contributed by atoms with Gasteiger partial charge in [0.1, 0.15) is 36.0 Å². The number of nitrogens with zero attached hydrogens (tertiary/aromatic N) is 7. The van der Waals surface area contributed by atoms with Gasteiger partial charge < -0.3 is 45.5 Å². The van der Waals surface area contributed by atoms with E-state index in [4.69, 9.17) is 20.9 Å². The lowest BCUT2D eigenvalue weighted by Crippen LogP contribution is -2.53. The van der Waals surface area contributed by atoms with Crippen molar-refractivity contribution in [3.63, 3.8) is 0 Å². The predicted molar refractivity (Wildman–Crippen MR) is 147 cm³/mol. The van der Waals surface area contributed by atoms with Crippen LogP contribution in [0.25, 0.3) is 22.3 Å². The Balaban J connectivity index is 1.44. The molecule has 6 N–H and O–H groups in total. The first-order valence-corrected chi connectivity index (χ1v) is 13.6. The van der Waals surface area contributed by atoms with Crippen LogP contribution in [0, 0.1) is 0 Å². The van der Waals surface area contributed by atoms with Crippen molar-refractivity contribution < 1.29 is 29.3 Å². The molecule has 15 nitrogen and oxygen atoms in total. The average Bonchev–Trinajstić information content (AvgIpc) is 3.65. The average molecular weight is 572 g/mol. The Morgan fingerprint density at radius 3 is 2.61 bits per heavy atom. The molecule has 2 aliphatic rings. The Morgan fingerprint density at radius 1 is 1.22 bits per heavy atom. The number of piperidine rings is 1. The first kappa shape index (κ1) is 28.9. The number of carbonyl (C=O) groups excluding carboxylic acids is 2. The highest BCUT2D eigenvalue weighted by Gasteiger charge is 2.50. The Bertz CT molecular complexity index is 1400. The number of ether oxygens (including phenoxy) is 2. The van der Waals surface area contributed by atoms with Crippen LogP contribution in [0.1, 0.15) is 25.5 Å². The number of anilines is 1. The fraction of sp³-hybridized carbons (Fsp3) is 0.577. The largest absolute Gasteiger partial charge is 0.468 e. The van der Waals surface area contributed by atoms with E-state index in [1.54, 1.807) is 39.7 Å². The minimum atomic E-state index is -1.52. The van der Waals surface area contributed by atoms with E-state index in [1.807, 2.05) is 7.05 Å². The van der Waals surface area contributed by atoms with Crippen LogP contribution in [0.3, 0.4) is 0 Å². The summed E-state index contributed by atoms with van der Waals surface area (Å²) < 4.78 is 14.0. The van der Waals surface area contributed by atoms with Gasteiger partial charge in [-0.05, 0) is 45.5 Å². The Labute approximate surface area is 236 Å². The smallest absolute Gasteiger partial charge is 0.322 e. The lowest BCUT2D eigenvalue weighted by molar-refractivity contribution is -0.153. The molecule has 0 radical (unpaired) electrons. The first-order valence-electron chi connectivity index (χ1n) is 13.6. The summed E-state index contributed by atoms with van der Waals surface area (Å²) in [7, 11) is 5.06. The SMILES string of the molecule is COC(=O)[C@@H](N)CCN(C(=O)[C@H]1O[C@@H](n2cc(-c3ccn(C)n3)c3c(N)ncnc32)[C@H](O)[C@@H]1O)C1CCN(C)CC1. The van der Waals surface area contributed by atoms with E-state index in [2.05, 4.69) is 20.0 Å². The molecule has 2 fully saturated rings. The normalized spacial score (nSPS) is 24.5. The number of nitrogens with two attached hydrogens (primary N) is 2. The number of aliphatic hydroxyl groups excluding tert-OH is 2. The van der Waals surface area contributed by atoms with Crippen LogP contribution in [0.5, 0.6) is 0 Å². The molecule has 0 bridgehead atoms. The van der Waals surface area contributed by atoms with Crippen LogP contribution in [0.15, 0.2) is 24.8 Å². The molecule has 1 amide bonds. The minimum absolute atomic E-state index is 0.147. The van der Waals surface area contributed by atoms with E-state index in [9.17, 15) is 19.8 Å². The molecule has 0 spiro atoms. The number of aryl methyl sites for hydroxylation is 1. The van der Waals surface area contributed by atoms with Crippen molar-refractivity contribution >= 4 is 28.7 Å². The molecular weight excluding hydrogens is 534 g/mol. The summed E-state index contributed by atoms with van der Waals surface area (Å²) in [6, 6.07) is 0.749. The van der Waals surface area contributed by atoms with Gasteiger partial charge in [0.2, 0.25) is 0 Å². The molecule has 0 unspecified atom stereocenters. The maximum atomic E-state index is 13.9. The monoisotopic (exact) mass is 571 g/mol. The number of aromatic nitrogens is 5. The maximum absolute atomic E-state index is 13.9. The third kappa shape index (κ3) is 5.50. The lowest BCUT2D eigenvalue weighted by atomic mass is 10.0. The summed E-state index contributed by atoms with van der Waals surface area (Å²) >= 11 is 0. The van der Waals surface area contributed by atoms with E-state index in [0.717, 1.165) is 13.1 Å². The van der Waals surface area contributed by atoms with Gasteiger partial charge in [0, 0.05) is 37.6 Å². The van der Waals surface area contributed by atoms with Gasteiger partial charge in [-0.3, -0.25) is 14.3 Å². The molecule has 3 aromatic heterocycles. The predicted octanol–water partition coefficient (Wildman–Crippen LogP) is -1.15. The van der Waals surface area contributed by atoms with Crippen LogP contribution in [-0.2, 0) is 26.1 Å². The molecule has 222 valence electrons. The van der Waals surface area contributed by atoms with Crippen LogP contribution in [0.2, 0.25) is 0 Å². The van der Waals surface area contributed by atoms with Gasteiger partial charge in [0.25, 0.3) is 5.91 Å². The third-order valence-electron chi connectivity index (χ3n) is 7.98. The van der Waals surface area contributed by atoms with Crippen LogP contribution in [-0.4, -0.2) is 120 Å². The fourth-order valence-corrected chi connectivity index (χ4v) is 5.64. The second kappa shape index (κ2) is 11.7. The number of hydrogen-bond acceptors (Lipinski definition) is 12. The Kier molecular flexibility index (Phi) is 8.24. The van der Waals surface area contributed by atoms with Crippen molar-refractivity contribution in [1.82, 2.24) is 34.1 Å². The molecule has 41 heavy (non-hydrogen) atoms. The van der Waals surface area contributed by atoms with E-state index in [0.29, 0.717) is 35.1 Å². The molecular formula is C26H37N9O6. The number of esters is 1. The minimum Gasteiger partial charge on any atom is -0.468 e. The molecule has 2 aliphatic heterocycles. The third-order valence-corrected chi connectivity index (χ3v) is 7.98. The zero-order valence-electron chi connectivity index (χ0n) is 23.3. The number of methoxy groups -OCH3 is 1. The van der Waals surface area contributed by atoms with Gasteiger partial charge in [-0.15, -0.1) is 0 Å². The van der Waals surface area contributed by atoms with Gasteiger partial charge in [-0.25, -0.2) is 9.97 Å². The summed E-state index contributed by atoms with van der Waals surface area (Å²) in [6.45, 7) is 1.73. The summed E-state index contributed by atoms with van der Waals surface area (Å²) in [6.07, 6.45) is 0.844. The summed E-state index contributed by atoms with van der Waals surface area (Å²) in [5, 5.41) is 27.2. The van der Waals surface area contributed by atoms with Crippen molar-refractivity contribution in [2.75, 3.05) is 39.5 Å². The molecule has 0 aliphatic carbocycles. The molecule has 0 saturated carbocycles. The Hall–Kier alpha value is -3.63. The molecule has 2 saturated heterocycles. The Morgan fingerprint density at radius 2 is 1.95 bits per heavy atom. The van der Waals surface area contributed by atoms with E-state index < -0.39 is 42.5 Å². The highest BCUT2D eigenvalue weighted by Crippen LogP contribution is 2.38. The number of hydrogen-bond donors (Lipinski definition) is 4. The zero-order valence-corrected chi connectivity index (χ0v) is 23.3. The zero-order chi connectivity index (χ0) is 29.4. The second-order valence-corrected chi connectivity index (χ2v) is 10.7. The molecule has 5 atom stereocenters. The van der Waals surface area contributed by atoms with Crippen molar-refractivity contribution in [3.8, 4) is 11.3 Å². The molecule has 15 heteroatoms. The van der Waals surface area contributed by atoms with Gasteiger partial charge in [-0.2, -0.15) is 5.10 Å². The number of amides is 1. The maximum Gasteiger partial charge on any atom is 0.322 e. The lowest BCUT2D eigenvalue weighted by Gasteiger charge is -2.39. The van der Waals surface area contributed by atoms with Gasteiger partial charge in [0.05, 0.1) is 18.2 Å². The van der Waals surface area contributed by atoms with E-state index in [-0.39, 0.29) is 24.8 Å². The highest BCUT2D eigenvalue weighted by molar-refractivity contribution is 6.00. The van der Waals surface area contributed by atoms with E-state index in [1.165, 1.54) is 13.4 Å². The summed E-state index contributed by atoms with van der Waals surface area (Å²) in [4.78, 5) is 38.1. The topological polar surface area (TPSA) is 200 Å². The van der Waals surface area contributed by atoms with Crippen LogP contribution < -0.4 is 11.5 Å². The van der Waals surface area contributed by atoms with Crippen LogP contribution in [0.4, 0.5) is 5.82 Å². The molecule has 0 aromatic carbocycles. The highest BCUT2D eigenvalue weighted by atomic mass is 16.6. The van der Waals surface area contributed by atoms with Crippen molar-refractivity contribution in [1.29, 1.82) is 0 Å². The van der Waals surface area contributed by atoms with E-state index >= 15 is 0 Å². The standard InChI is InChI=1S/C26H37N9O6/c1-32-8-4-14(5-9-32)34(11-6-16(27)26(39)40-3)24(38)21-19(36)20(37)25(41-21)35-12-15(17-7-10-33(2)31-17)18-22(28)29-13-30-23(18)35/h7,10,12-14,16,19-21,25,36-37H,4-6,8-9,11,27H2,1-3H3,(H2,28,29,30)/t16-,19-,20+,21-,25+/m0/s1. The van der Waals surface area contributed by atoms with Crippen molar-refractivity contribution in [2.45, 2.75) is 55.9 Å². The number of carbonyl (C=O) groups is 2. The number of aliphatic hydroxyl groups is 2. The molecule has 5 heterocycles. The number of fused-ring (bicyclic) bond motifs is 1. The molecule has 3 aromatic rings. The number of likely N-dealkylation sites (tertiary alicyclic amines) is 1. The first-order chi connectivity index (χ1) is 19.6. The van der Waals surface area contributed by atoms with Gasteiger partial charge in [0.15, 0.2) is 12.3 Å². The molecule has 5 rings (SSSR count). The summed E-state index contributed by atoms with van der Waals surface area (Å²) in [5.41, 5.74) is 13.8.